The first-order valence-electron chi connectivity index (χ1n) is 20.0. The van der Waals surface area contributed by atoms with Crippen LogP contribution in [0.4, 0.5) is 0 Å². The van der Waals surface area contributed by atoms with Gasteiger partial charge in [-0.1, -0.05) is 74.5 Å². The fourth-order valence-corrected chi connectivity index (χ4v) is 10.8. The van der Waals surface area contributed by atoms with E-state index in [2.05, 4.69) is 9.26 Å². The highest BCUT2D eigenvalue weighted by Gasteiger charge is 2.36. The fourth-order valence-electron chi connectivity index (χ4n) is 6.27. The van der Waals surface area contributed by atoms with Gasteiger partial charge in [-0.3, -0.25) is 28.6 Å². The van der Waals surface area contributed by atoms with Gasteiger partial charge < -0.3 is 18.5 Å². The van der Waals surface area contributed by atoms with Crippen molar-refractivity contribution in [1.82, 2.24) is 9.80 Å². The number of rotatable bonds is 14. The fraction of sp³-hybridized carbons (Fsp3) is 0.421. The molecule has 0 unspecified atom stereocenters. The SMILES string of the molecule is C.C.S.S.[2H]C([2H])([2H])OC(=O)[C@H](c1ccccc1Cl)N1CCc2sc(OP(=O)(O)O)cc2C1.[2H]C([2H])([2H])OC(=O)[C@H](c1ccccc1Cl)N1CCc2sc(OP(=O)(OCC)OCC)cc2C1. The lowest BCUT2D eigenvalue weighted by Gasteiger charge is -2.33. The van der Waals surface area contributed by atoms with Crippen molar-refractivity contribution in [1.29, 1.82) is 0 Å². The number of nitrogens with zero attached hydrogens (tertiary/aromatic N) is 2. The average molecular weight is 998 g/mol. The molecule has 0 bridgehead atoms. The lowest BCUT2D eigenvalue weighted by atomic mass is 10.0. The monoisotopic (exact) mass is 996 g/mol. The van der Waals surface area contributed by atoms with Crippen molar-refractivity contribution < 1.29 is 64.3 Å². The molecule has 60 heavy (non-hydrogen) atoms. The first-order chi connectivity index (χ1) is 29.0. The van der Waals surface area contributed by atoms with Crippen LogP contribution in [0.1, 0.15) is 81.0 Å². The Balaban J connectivity index is 0.000000626. The summed E-state index contributed by atoms with van der Waals surface area (Å²) < 4.78 is 97.5. The van der Waals surface area contributed by atoms with Crippen LogP contribution in [-0.4, -0.2) is 71.9 Å². The molecular formula is C38H54Cl2N2O12P2S4. The Labute approximate surface area is 392 Å². The van der Waals surface area contributed by atoms with Gasteiger partial charge in [-0.25, -0.2) is 18.7 Å². The molecule has 2 aliphatic rings. The van der Waals surface area contributed by atoms with Crippen LogP contribution < -0.4 is 9.05 Å². The summed E-state index contributed by atoms with van der Waals surface area (Å²) in [7, 11) is -14.2. The summed E-state index contributed by atoms with van der Waals surface area (Å²) in [5.74, 6) is -1.86. The Bertz CT molecular complexity index is 2310. The molecule has 22 heteroatoms. The molecule has 2 N–H and O–H groups in total. The molecular weight excluding hydrogens is 938 g/mol. The minimum absolute atomic E-state index is 0. The largest absolute Gasteiger partial charge is 0.530 e. The molecule has 2 aromatic carbocycles. The van der Waals surface area contributed by atoms with Crippen molar-refractivity contribution in [2.75, 3.05) is 40.4 Å². The highest BCUT2D eigenvalue weighted by Crippen LogP contribution is 2.52. The van der Waals surface area contributed by atoms with E-state index in [9.17, 15) is 18.7 Å². The van der Waals surface area contributed by atoms with Gasteiger partial charge in [-0.2, -0.15) is 27.0 Å². The second-order valence-electron chi connectivity index (χ2n) is 12.1. The third kappa shape index (κ3) is 14.5. The zero-order chi connectivity index (χ0) is 45.6. The van der Waals surface area contributed by atoms with Crippen LogP contribution in [0.5, 0.6) is 10.1 Å². The van der Waals surface area contributed by atoms with Crippen LogP contribution in [0.2, 0.25) is 10.0 Å². The van der Waals surface area contributed by atoms with Crippen LogP contribution in [0.3, 0.4) is 0 Å². The number of hydrogen-bond acceptors (Lipinski definition) is 14. The van der Waals surface area contributed by atoms with Crippen LogP contribution >= 0.6 is 88.5 Å². The first kappa shape index (κ1) is 45.9. The first-order valence-corrected chi connectivity index (χ1v) is 22.4. The normalized spacial score (nSPS) is 16.6. The maximum absolute atomic E-state index is 12.9. The van der Waals surface area contributed by atoms with Gasteiger partial charge in [0.25, 0.3) is 0 Å². The summed E-state index contributed by atoms with van der Waals surface area (Å²) in [6, 6.07) is 14.5. The molecule has 336 valence electrons. The zero-order valence-electron chi connectivity index (χ0n) is 36.9. The van der Waals surface area contributed by atoms with Crippen molar-refractivity contribution in [2.45, 2.75) is 66.7 Å². The molecule has 0 saturated carbocycles. The van der Waals surface area contributed by atoms with E-state index in [-0.39, 0.29) is 66.7 Å². The third-order valence-corrected chi connectivity index (χ3v) is 13.7. The van der Waals surface area contributed by atoms with Gasteiger partial charge in [0.1, 0.15) is 12.1 Å². The number of benzene rings is 2. The van der Waals surface area contributed by atoms with Crippen molar-refractivity contribution >= 4 is 100 Å². The van der Waals surface area contributed by atoms with Gasteiger partial charge in [-0.15, -0.1) is 22.7 Å². The highest BCUT2D eigenvalue weighted by molar-refractivity contribution is 7.59. The van der Waals surface area contributed by atoms with E-state index in [1.807, 2.05) is 0 Å². The van der Waals surface area contributed by atoms with Crippen LogP contribution in [0, 0.1) is 0 Å². The molecule has 4 aromatic rings. The number of halogens is 2. The van der Waals surface area contributed by atoms with Gasteiger partial charge in [0, 0.05) is 46.0 Å². The molecule has 0 aliphatic carbocycles. The summed E-state index contributed by atoms with van der Waals surface area (Å²) in [4.78, 5) is 49.0. The number of phosphoric ester groups is 2. The van der Waals surface area contributed by atoms with E-state index >= 15 is 0 Å². The van der Waals surface area contributed by atoms with E-state index in [4.69, 9.17) is 59.5 Å². The Morgan fingerprint density at radius 3 is 1.52 bits per heavy atom. The molecule has 0 amide bonds. The smallest absolute Gasteiger partial charge is 0.468 e. The molecule has 2 atom stereocenters. The van der Waals surface area contributed by atoms with Crippen LogP contribution in [0.15, 0.2) is 60.7 Å². The predicted octanol–water partition coefficient (Wildman–Crippen LogP) is 9.88. The van der Waals surface area contributed by atoms with Crippen molar-refractivity contribution in [3.8, 4) is 10.1 Å². The van der Waals surface area contributed by atoms with E-state index in [0.29, 0.717) is 58.7 Å². The Morgan fingerprint density at radius 2 is 1.15 bits per heavy atom. The van der Waals surface area contributed by atoms with Crippen molar-refractivity contribution in [3.63, 3.8) is 0 Å². The van der Waals surface area contributed by atoms with Gasteiger partial charge in [0.2, 0.25) is 0 Å². The molecule has 14 nitrogen and oxygen atoms in total. The van der Waals surface area contributed by atoms with Crippen LogP contribution in [-0.2, 0) is 63.2 Å². The molecule has 4 heterocycles. The van der Waals surface area contributed by atoms with Crippen molar-refractivity contribution in [2.24, 2.45) is 0 Å². The van der Waals surface area contributed by atoms with Gasteiger partial charge in [0.15, 0.2) is 10.1 Å². The molecule has 6 rings (SSSR count). The minimum Gasteiger partial charge on any atom is -0.468 e. The standard InChI is InChI=1S/C20H25ClNO6PS.C16H17ClNO6PS.2CH4.2H2S/c1-4-26-29(24,27-5-2)28-18-12-14-13-22(11-10-17(14)30-18)19(20(23)25-3)15-8-6-7-9-16(15)21;1-23-16(19)15(11-4-2-3-5-12(11)17)18-7-6-13-10(9-18)8-14(26-13)24-25(20,21)22;;;;/h6-9,12,19H,4-5,10-11,13H2,1-3H3;2-5,8,15H,6-7,9H2,1H3,(H2,20,21,22);2*1H4;2*1H2/t19-;15-;;;;/m00..../s1/i3D3;1D3;;;;. The highest BCUT2D eigenvalue weighted by atomic mass is 35.5. The molecule has 0 spiro atoms. The number of esters is 2. The zero-order valence-corrected chi connectivity index (χ0v) is 37.9. The summed E-state index contributed by atoms with van der Waals surface area (Å²) in [5.41, 5.74) is 2.46. The number of carbonyl (C=O) groups is 2. The summed E-state index contributed by atoms with van der Waals surface area (Å²) in [5, 5.41) is 1.08. The molecule has 0 saturated heterocycles. The van der Waals surface area contributed by atoms with E-state index in [0.717, 1.165) is 32.2 Å². The minimum atomic E-state index is -4.68. The predicted molar refractivity (Wildman–Crippen MR) is 248 cm³/mol. The number of methoxy groups -OCH3 is 2. The number of ether oxygens (including phenoxy) is 2. The summed E-state index contributed by atoms with van der Waals surface area (Å²) in [6.07, 6.45) is 1.05. The summed E-state index contributed by atoms with van der Waals surface area (Å²) in [6.45, 7) is 5.10. The Hall–Kier alpha value is -2.12. The van der Waals surface area contributed by atoms with E-state index in [1.165, 1.54) is 17.4 Å². The Kier molecular flexibility index (Phi) is 19.3. The van der Waals surface area contributed by atoms with E-state index in [1.54, 1.807) is 78.2 Å². The summed E-state index contributed by atoms with van der Waals surface area (Å²) >= 11 is 15.0. The number of phosphoric acid groups is 2. The Morgan fingerprint density at radius 1 is 0.750 bits per heavy atom. The number of thiophene rings is 2. The lowest BCUT2D eigenvalue weighted by molar-refractivity contribution is -0.148. The molecule has 0 fully saturated rings. The van der Waals surface area contributed by atoms with Gasteiger partial charge in [-0.05, 0) is 73.2 Å². The second kappa shape index (κ2) is 25.2. The van der Waals surface area contributed by atoms with E-state index < -0.39 is 53.7 Å². The van der Waals surface area contributed by atoms with Crippen molar-refractivity contribution in [3.05, 3.63) is 103 Å². The topological polar surface area (TPSA) is 171 Å². The molecule has 2 aliphatic heterocycles. The maximum atomic E-state index is 12.9. The van der Waals surface area contributed by atoms with Gasteiger partial charge in [0.05, 0.1) is 35.5 Å². The lowest BCUT2D eigenvalue weighted by Crippen LogP contribution is -2.38. The third-order valence-electron chi connectivity index (χ3n) is 8.51. The number of carbonyl (C=O) groups excluding carboxylic acids is 2. The molecule has 0 radical (unpaired) electrons. The van der Waals surface area contributed by atoms with Crippen LogP contribution in [0.25, 0.3) is 0 Å². The quantitative estimate of drug-likeness (QED) is 0.0904. The average Bonchev–Trinajstić information content (AvgIpc) is 3.73. The second-order valence-corrected chi connectivity index (χ2v) is 17.9. The van der Waals surface area contributed by atoms with Gasteiger partial charge >= 0.3 is 27.6 Å². The molecule has 2 aromatic heterocycles. The number of hydrogen-bond donors (Lipinski definition) is 2. The maximum Gasteiger partial charge on any atom is 0.530 e. The number of fused-ring (bicyclic) bond motifs is 2.